The average molecular weight is 645 g/mol. The highest BCUT2D eigenvalue weighted by Gasteiger charge is 2.48. The maximum Gasteiger partial charge on any atom is 0.283 e. The second-order valence-corrected chi connectivity index (χ2v) is 12.9. The van der Waals surface area contributed by atoms with Gasteiger partial charge in [-0.1, -0.05) is 36.4 Å². The topological polar surface area (TPSA) is 142 Å². The van der Waals surface area contributed by atoms with Crippen molar-refractivity contribution in [3.05, 3.63) is 101 Å². The minimum absolute atomic E-state index is 0.133. The van der Waals surface area contributed by atoms with Crippen LogP contribution in [-0.2, 0) is 35.6 Å². The van der Waals surface area contributed by atoms with Crippen molar-refractivity contribution < 1.29 is 45.9 Å². The third kappa shape index (κ3) is 8.10. The molecule has 2 aliphatic rings. The number of hydrogen-bond acceptors (Lipinski definition) is 7. The normalized spacial score (nSPS) is 19.8. The molecule has 0 radical (unpaired) electrons. The summed E-state index contributed by atoms with van der Waals surface area (Å²) >= 11 is 0. The van der Waals surface area contributed by atoms with Gasteiger partial charge in [-0.3, -0.25) is 14.1 Å². The highest BCUT2D eigenvalue weighted by molar-refractivity contribution is 7.85. The van der Waals surface area contributed by atoms with Crippen LogP contribution in [0.4, 0.5) is 14.5 Å². The molecule has 3 aromatic rings. The van der Waals surface area contributed by atoms with Gasteiger partial charge >= 0.3 is 0 Å². The van der Waals surface area contributed by atoms with Crippen LogP contribution in [0.25, 0.3) is 0 Å². The number of aryl methyl sites for hydroxylation is 1. The van der Waals surface area contributed by atoms with Crippen LogP contribution >= 0.6 is 0 Å². The maximum atomic E-state index is 13.6. The second kappa shape index (κ2) is 13.7. The molecule has 240 valence electrons. The SMILES string of the molecule is O=C(COC1(CCc2ccc(C3[C@@H](CCC(O)c4ccc(F)cc4)C(=O)N3c3ccc(F)cc3)cc2)COC1)NCS(=O)(=O)O. The molecule has 2 saturated heterocycles. The molecule has 2 fully saturated rings. The third-order valence-corrected chi connectivity index (χ3v) is 8.72. The van der Waals surface area contributed by atoms with Crippen molar-refractivity contribution in [1.29, 1.82) is 0 Å². The third-order valence-electron chi connectivity index (χ3n) is 8.21. The van der Waals surface area contributed by atoms with E-state index in [9.17, 15) is 31.9 Å². The van der Waals surface area contributed by atoms with Crippen LogP contribution in [0.2, 0.25) is 0 Å². The molecule has 5 rings (SSSR count). The minimum Gasteiger partial charge on any atom is -0.388 e. The predicted molar refractivity (Wildman–Crippen MR) is 160 cm³/mol. The Morgan fingerprint density at radius 3 is 2.22 bits per heavy atom. The Kier molecular flexibility index (Phi) is 9.94. The molecule has 3 aromatic carbocycles. The number of benzene rings is 3. The number of β-lactam (4-membered cyclic amide) rings is 1. The summed E-state index contributed by atoms with van der Waals surface area (Å²) in [4.78, 5) is 26.9. The number of aliphatic hydroxyl groups is 1. The van der Waals surface area contributed by atoms with E-state index < -0.39 is 51.2 Å². The van der Waals surface area contributed by atoms with Crippen LogP contribution in [-0.4, -0.2) is 61.2 Å². The average Bonchev–Trinajstić information content (AvgIpc) is 2.99. The zero-order valence-corrected chi connectivity index (χ0v) is 25.1. The fourth-order valence-corrected chi connectivity index (χ4v) is 5.96. The predicted octanol–water partition coefficient (Wildman–Crippen LogP) is 3.86. The van der Waals surface area contributed by atoms with Crippen LogP contribution in [0.1, 0.15) is 48.1 Å². The lowest BCUT2D eigenvalue weighted by Crippen LogP contribution is -2.55. The summed E-state index contributed by atoms with van der Waals surface area (Å²) in [6.45, 7) is 0.169. The number of halogens is 2. The Balaban J connectivity index is 1.23. The number of aliphatic hydroxyl groups excluding tert-OH is 1. The van der Waals surface area contributed by atoms with Crippen molar-refractivity contribution in [1.82, 2.24) is 5.32 Å². The molecule has 0 aromatic heterocycles. The van der Waals surface area contributed by atoms with Gasteiger partial charge in [0.15, 0.2) is 0 Å². The number of carbonyl (C=O) groups excluding carboxylic acids is 2. The fraction of sp³-hybridized carbons (Fsp3) is 0.375. The fourth-order valence-electron chi connectivity index (χ4n) is 5.61. The monoisotopic (exact) mass is 644 g/mol. The van der Waals surface area contributed by atoms with Gasteiger partial charge in [-0.15, -0.1) is 0 Å². The Hall–Kier alpha value is -3.75. The summed E-state index contributed by atoms with van der Waals surface area (Å²) in [6.07, 6.45) is 0.950. The van der Waals surface area contributed by atoms with Crippen molar-refractivity contribution >= 4 is 27.6 Å². The molecular formula is C32H34F2N2O8S. The zero-order valence-electron chi connectivity index (χ0n) is 24.3. The summed E-state index contributed by atoms with van der Waals surface area (Å²) in [7, 11) is -4.34. The first kappa shape index (κ1) is 32.6. The summed E-state index contributed by atoms with van der Waals surface area (Å²) in [5.74, 6) is -2.94. The van der Waals surface area contributed by atoms with Crippen molar-refractivity contribution in [2.24, 2.45) is 5.92 Å². The summed E-state index contributed by atoms with van der Waals surface area (Å²) < 4.78 is 68.5. The number of ether oxygens (including phenoxy) is 2. The molecule has 0 aliphatic carbocycles. The van der Waals surface area contributed by atoms with Crippen molar-refractivity contribution in [2.75, 3.05) is 30.6 Å². The maximum absolute atomic E-state index is 13.6. The van der Waals surface area contributed by atoms with Crippen LogP contribution in [0.5, 0.6) is 0 Å². The van der Waals surface area contributed by atoms with E-state index in [-0.39, 0.29) is 31.8 Å². The molecule has 45 heavy (non-hydrogen) atoms. The van der Waals surface area contributed by atoms with E-state index in [1.54, 1.807) is 17.0 Å². The lowest BCUT2D eigenvalue weighted by Gasteiger charge is -2.48. The van der Waals surface area contributed by atoms with E-state index in [1.165, 1.54) is 36.4 Å². The molecule has 10 nitrogen and oxygen atoms in total. The number of carbonyl (C=O) groups is 2. The van der Waals surface area contributed by atoms with E-state index in [1.807, 2.05) is 24.3 Å². The quantitative estimate of drug-likeness (QED) is 0.178. The summed E-state index contributed by atoms with van der Waals surface area (Å²) in [6, 6.07) is 18.7. The Bertz CT molecular complexity index is 1600. The first-order valence-corrected chi connectivity index (χ1v) is 16.1. The molecule has 2 amide bonds. The highest BCUT2D eigenvalue weighted by Crippen LogP contribution is 2.46. The standard InChI is InChI=1S/C32H34F2N2O8S/c33-24-7-5-22(6-8-24)28(37)14-13-27-30(36(31(27)39)26-11-9-25(34)10-12-26)23-3-1-21(2-4-23)15-16-32(18-43-19-32)44-17-29(38)35-20-45(40,41)42/h1-12,27-28,30,37H,13-20H2,(H,35,38)(H,40,41,42)/t27-,28?,30?/m1/s1. The van der Waals surface area contributed by atoms with Gasteiger partial charge in [-0.2, -0.15) is 8.42 Å². The zero-order chi connectivity index (χ0) is 32.2. The number of nitrogens with one attached hydrogen (secondary N) is 1. The lowest BCUT2D eigenvalue weighted by molar-refractivity contribution is -0.212. The van der Waals surface area contributed by atoms with Gasteiger partial charge in [0.2, 0.25) is 11.8 Å². The molecule has 0 spiro atoms. The molecule has 13 heteroatoms. The Morgan fingerprint density at radius 2 is 1.64 bits per heavy atom. The molecule has 3 atom stereocenters. The molecule has 0 bridgehead atoms. The first-order valence-electron chi connectivity index (χ1n) is 14.5. The number of amides is 2. The lowest BCUT2D eigenvalue weighted by atomic mass is 9.78. The van der Waals surface area contributed by atoms with E-state index >= 15 is 0 Å². The second-order valence-electron chi connectivity index (χ2n) is 11.4. The van der Waals surface area contributed by atoms with Gasteiger partial charge < -0.3 is 24.8 Å². The van der Waals surface area contributed by atoms with Crippen LogP contribution in [0.15, 0.2) is 72.8 Å². The van der Waals surface area contributed by atoms with Crippen molar-refractivity contribution in [3.8, 4) is 0 Å². The highest BCUT2D eigenvalue weighted by atomic mass is 32.2. The van der Waals surface area contributed by atoms with Gasteiger partial charge in [0, 0.05) is 5.69 Å². The van der Waals surface area contributed by atoms with Gasteiger partial charge in [-0.05, 0) is 78.8 Å². The van der Waals surface area contributed by atoms with Gasteiger partial charge in [0.1, 0.15) is 29.7 Å². The Labute approximate surface area is 259 Å². The van der Waals surface area contributed by atoms with Crippen molar-refractivity contribution in [2.45, 2.75) is 43.4 Å². The molecule has 2 aliphatic heterocycles. The van der Waals surface area contributed by atoms with Gasteiger partial charge in [0.25, 0.3) is 10.1 Å². The van der Waals surface area contributed by atoms with Crippen molar-refractivity contribution in [3.63, 3.8) is 0 Å². The number of rotatable bonds is 14. The van der Waals surface area contributed by atoms with E-state index in [0.29, 0.717) is 36.9 Å². The van der Waals surface area contributed by atoms with E-state index in [2.05, 4.69) is 5.32 Å². The van der Waals surface area contributed by atoms with Gasteiger partial charge in [0.05, 0.1) is 31.3 Å². The molecule has 0 saturated carbocycles. The minimum atomic E-state index is -4.34. The molecular weight excluding hydrogens is 610 g/mol. The smallest absolute Gasteiger partial charge is 0.283 e. The van der Waals surface area contributed by atoms with Crippen LogP contribution < -0.4 is 10.2 Å². The van der Waals surface area contributed by atoms with E-state index in [0.717, 1.165) is 11.1 Å². The molecule has 3 N–H and O–H groups in total. The summed E-state index contributed by atoms with van der Waals surface area (Å²) in [5, 5.41) is 12.8. The number of hydrogen-bond donors (Lipinski definition) is 3. The molecule has 2 unspecified atom stereocenters. The Morgan fingerprint density at radius 1 is 1.02 bits per heavy atom. The molecule has 2 heterocycles. The summed E-state index contributed by atoms with van der Waals surface area (Å²) in [5.41, 5.74) is 2.28. The van der Waals surface area contributed by atoms with E-state index in [4.69, 9.17) is 14.0 Å². The first-order chi connectivity index (χ1) is 21.4. The number of anilines is 1. The largest absolute Gasteiger partial charge is 0.388 e. The van der Waals surface area contributed by atoms with Crippen LogP contribution in [0.3, 0.4) is 0 Å². The number of nitrogens with zero attached hydrogens (tertiary/aromatic N) is 1. The van der Waals surface area contributed by atoms with Gasteiger partial charge in [-0.25, -0.2) is 8.78 Å². The van der Waals surface area contributed by atoms with Crippen LogP contribution in [0, 0.1) is 17.6 Å².